The molecule has 0 aliphatic carbocycles. The quantitative estimate of drug-likeness (QED) is 0.556. The summed E-state index contributed by atoms with van der Waals surface area (Å²) < 4.78 is 0. The molecule has 0 unspecified atom stereocenters. The molecular formula is C16H12BrCl2NO2. The lowest BCUT2D eigenvalue weighted by Gasteiger charge is -2.20. The van der Waals surface area contributed by atoms with Crippen LogP contribution in [-0.4, -0.2) is 24.1 Å². The second-order valence-electron chi connectivity index (χ2n) is 4.56. The van der Waals surface area contributed by atoms with Crippen LogP contribution in [-0.2, 0) is 4.79 Å². The Kier molecular flexibility index (Phi) is 5.62. The van der Waals surface area contributed by atoms with Gasteiger partial charge in [0.15, 0.2) is 5.78 Å². The van der Waals surface area contributed by atoms with Crippen molar-refractivity contribution in [1.82, 2.24) is 0 Å². The average Bonchev–Trinajstić information content (AvgIpc) is 2.53. The summed E-state index contributed by atoms with van der Waals surface area (Å²) in [6.07, 6.45) is 0. The number of halogens is 3. The van der Waals surface area contributed by atoms with Gasteiger partial charge in [-0.2, -0.15) is 0 Å². The van der Waals surface area contributed by atoms with E-state index in [4.69, 9.17) is 23.2 Å². The Bertz CT molecular complexity index is 734. The standard InChI is InChI=1S/C16H12BrCl2NO2/c1-20(15(21)9-17)14-7-6-10(18)8-12(14)16(22)11-4-2-3-5-13(11)19/h2-8H,9H2,1H3. The van der Waals surface area contributed by atoms with Crippen molar-refractivity contribution in [2.45, 2.75) is 0 Å². The summed E-state index contributed by atoms with van der Waals surface area (Å²) >= 11 is 15.2. The number of carbonyl (C=O) groups is 2. The molecule has 22 heavy (non-hydrogen) atoms. The molecule has 0 spiro atoms. The zero-order valence-corrected chi connectivity index (χ0v) is 14.7. The first kappa shape index (κ1) is 17.0. The molecule has 0 atom stereocenters. The van der Waals surface area contributed by atoms with Crippen molar-refractivity contribution in [3.63, 3.8) is 0 Å². The predicted octanol–water partition coefficient (Wildman–Crippen LogP) is 4.58. The fourth-order valence-corrected chi connectivity index (χ4v) is 2.77. The van der Waals surface area contributed by atoms with Crippen LogP contribution < -0.4 is 4.90 Å². The molecule has 3 nitrogen and oxygen atoms in total. The highest BCUT2D eigenvalue weighted by Crippen LogP contribution is 2.28. The van der Waals surface area contributed by atoms with Crippen LogP contribution >= 0.6 is 39.1 Å². The van der Waals surface area contributed by atoms with Crippen LogP contribution in [0.15, 0.2) is 42.5 Å². The normalized spacial score (nSPS) is 10.4. The SMILES string of the molecule is CN(C(=O)CBr)c1ccc(Cl)cc1C(=O)c1ccccc1Cl. The number of hydrogen-bond acceptors (Lipinski definition) is 2. The number of ketones is 1. The first-order chi connectivity index (χ1) is 10.5. The van der Waals surface area contributed by atoms with Gasteiger partial charge in [0, 0.05) is 23.2 Å². The number of nitrogens with zero attached hydrogens (tertiary/aromatic N) is 1. The van der Waals surface area contributed by atoms with Crippen molar-refractivity contribution in [1.29, 1.82) is 0 Å². The number of alkyl halides is 1. The van der Waals surface area contributed by atoms with Crippen LogP contribution in [0, 0.1) is 0 Å². The summed E-state index contributed by atoms with van der Waals surface area (Å²) in [6.45, 7) is 0. The van der Waals surface area contributed by atoms with E-state index < -0.39 is 0 Å². The number of benzene rings is 2. The number of rotatable bonds is 4. The van der Waals surface area contributed by atoms with Crippen LogP contribution in [0.1, 0.15) is 15.9 Å². The zero-order chi connectivity index (χ0) is 16.3. The largest absolute Gasteiger partial charge is 0.314 e. The molecule has 0 aliphatic heterocycles. The van der Waals surface area contributed by atoms with E-state index in [-0.39, 0.29) is 17.0 Å². The number of anilines is 1. The minimum absolute atomic E-state index is 0.159. The van der Waals surface area contributed by atoms with Gasteiger partial charge >= 0.3 is 0 Å². The van der Waals surface area contributed by atoms with Crippen molar-refractivity contribution < 1.29 is 9.59 Å². The Hall–Kier alpha value is -1.36. The lowest BCUT2D eigenvalue weighted by atomic mass is 10.0. The van der Waals surface area contributed by atoms with E-state index in [9.17, 15) is 9.59 Å². The van der Waals surface area contributed by atoms with Crippen LogP contribution in [0.4, 0.5) is 5.69 Å². The molecule has 0 saturated carbocycles. The predicted molar refractivity (Wildman–Crippen MR) is 93.5 cm³/mol. The highest BCUT2D eigenvalue weighted by atomic mass is 79.9. The second kappa shape index (κ2) is 7.27. The molecule has 0 saturated heterocycles. The third-order valence-corrected chi connectivity index (χ3v) is 4.22. The van der Waals surface area contributed by atoms with Gasteiger partial charge in [-0.3, -0.25) is 9.59 Å². The van der Waals surface area contributed by atoms with Gasteiger partial charge < -0.3 is 4.90 Å². The molecule has 114 valence electrons. The van der Waals surface area contributed by atoms with Crippen molar-refractivity contribution in [2.24, 2.45) is 0 Å². The summed E-state index contributed by atoms with van der Waals surface area (Å²) in [5.74, 6) is -0.451. The van der Waals surface area contributed by atoms with Gasteiger partial charge in [0.1, 0.15) is 0 Å². The first-order valence-electron chi connectivity index (χ1n) is 6.37. The minimum Gasteiger partial charge on any atom is -0.314 e. The molecule has 1 amide bonds. The van der Waals surface area contributed by atoms with Crippen LogP contribution in [0.25, 0.3) is 0 Å². The molecular weight excluding hydrogens is 389 g/mol. The summed E-state index contributed by atoms with van der Waals surface area (Å²) in [6, 6.07) is 11.6. The Morgan fingerprint density at radius 3 is 2.41 bits per heavy atom. The first-order valence-corrected chi connectivity index (χ1v) is 8.24. The molecule has 2 aromatic rings. The molecule has 0 aromatic heterocycles. The molecule has 0 aliphatic rings. The van der Waals surface area contributed by atoms with Gasteiger partial charge in [-0.15, -0.1) is 0 Å². The zero-order valence-electron chi connectivity index (χ0n) is 11.6. The highest BCUT2D eigenvalue weighted by molar-refractivity contribution is 9.09. The van der Waals surface area contributed by atoms with Gasteiger partial charge in [-0.1, -0.05) is 51.3 Å². The Morgan fingerprint density at radius 1 is 1.09 bits per heavy atom. The summed E-state index contributed by atoms with van der Waals surface area (Å²) in [5.41, 5.74) is 1.18. The van der Waals surface area contributed by atoms with Gasteiger partial charge in [0.2, 0.25) is 5.91 Å². The van der Waals surface area contributed by atoms with Crippen molar-refractivity contribution in [2.75, 3.05) is 17.3 Å². The van der Waals surface area contributed by atoms with E-state index in [1.54, 1.807) is 49.5 Å². The molecule has 0 N–H and O–H groups in total. The maximum Gasteiger partial charge on any atom is 0.237 e. The average molecular weight is 401 g/mol. The van der Waals surface area contributed by atoms with E-state index in [1.165, 1.54) is 4.90 Å². The molecule has 6 heteroatoms. The lowest BCUT2D eigenvalue weighted by Crippen LogP contribution is -2.28. The van der Waals surface area contributed by atoms with Crippen LogP contribution in [0.5, 0.6) is 0 Å². The minimum atomic E-state index is -0.280. The summed E-state index contributed by atoms with van der Waals surface area (Å²) in [5, 5.41) is 0.929. The monoisotopic (exact) mass is 399 g/mol. The third-order valence-electron chi connectivity index (χ3n) is 3.17. The van der Waals surface area contributed by atoms with E-state index in [2.05, 4.69) is 15.9 Å². The summed E-state index contributed by atoms with van der Waals surface area (Å²) in [4.78, 5) is 26.1. The molecule has 2 aromatic carbocycles. The van der Waals surface area contributed by atoms with Gasteiger partial charge in [-0.05, 0) is 30.3 Å². The van der Waals surface area contributed by atoms with Crippen molar-refractivity contribution in [3.8, 4) is 0 Å². The Balaban J connectivity index is 2.55. The summed E-state index contributed by atoms with van der Waals surface area (Å²) in [7, 11) is 1.61. The Labute approximate surface area is 147 Å². The smallest absolute Gasteiger partial charge is 0.237 e. The van der Waals surface area contributed by atoms with Gasteiger partial charge in [0.05, 0.1) is 16.0 Å². The number of carbonyl (C=O) groups excluding carboxylic acids is 2. The highest BCUT2D eigenvalue weighted by Gasteiger charge is 2.21. The molecule has 2 rings (SSSR count). The third kappa shape index (κ3) is 3.51. The molecule has 0 fully saturated rings. The van der Waals surface area contributed by atoms with E-state index in [0.717, 1.165) is 0 Å². The lowest BCUT2D eigenvalue weighted by molar-refractivity contribution is -0.115. The topological polar surface area (TPSA) is 37.4 Å². The van der Waals surface area contributed by atoms with E-state index >= 15 is 0 Å². The van der Waals surface area contributed by atoms with Crippen LogP contribution in [0.2, 0.25) is 10.0 Å². The maximum absolute atomic E-state index is 12.8. The van der Waals surface area contributed by atoms with Crippen LogP contribution in [0.3, 0.4) is 0 Å². The van der Waals surface area contributed by atoms with Crippen molar-refractivity contribution in [3.05, 3.63) is 63.6 Å². The fraction of sp³-hybridized carbons (Fsp3) is 0.125. The van der Waals surface area contributed by atoms with E-state index in [0.29, 0.717) is 26.9 Å². The van der Waals surface area contributed by atoms with Gasteiger partial charge in [0.25, 0.3) is 0 Å². The number of amides is 1. The molecule has 0 bridgehead atoms. The Morgan fingerprint density at radius 2 is 1.77 bits per heavy atom. The number of hydrogen-bond donors (Lipinski definition) is 0. The van der Waals surface area contributed by atoms with E-state index in [1.807, 2.05) is 0 Å². The van der Waals surface area contributed by atoms with Gasteiger partial charge in [-0.25, -0.2) is 0 Å². The molecule has 0 heterocycles. The molecule has 0 radical (unpaired) electrons. The fourth-order valence-electron chi connectivity index (χ4n) is 2.00. The second-order valence-corrected chi connectivity index (χ2v) is 5.96. The van der Waals surface area contributed by atoms with Crippen molar-refractivity contribution >= 4 is 56.5 Å². The maximum atomic E-state index is 12.8.